The minimum Gasteiger partial charge on any atom is -0.494 e. The van der Waals surface area contributed by atoms with Crippen LogP contribution in [0.1, 0.15) is 25.5 Å². The molecule has 0 heterocycles. The number of hydrogen-bond acceptors (Lipinski definition) is 3. The molecule has 0 saturated heterocycles. The van der Waals surface area contributed by atoms with Crippen LogP contribution in [0.25, 0.3) is 0 Å². The molecule has 0 aliphatic rings. The van der Waals surface area contributed by atoms with Gasteiger partial charge in [-0.1, -0.05) is 13.8 Å². The summed E-state index contributed by atoms with van der Waals surface area (Å²) in [7, 11) is 1.25. The second kappa shape index (κ2) is 4.98. The number of nitrogens with two attached hydrogens (primary N) is 1. The average Bonchev–Trinajstić information content (AvgIpc) is 2.30. The quantitative estimate of drug-likeness (QED) is 0.853. The summed E-state index contributed by atoms with van der Waals surface area (Å²) in [4.78, 5) is 0. The van der Waals surface area contributed by atoms with Crippen LogP contribution >= 0.6 is 0 Å². The van der Waals surface area contributed by atoms with E-state index in [1.54, 1.807) is 13.8 Å². The maximum atomic E-state index is 13.7. The third-order valence-corrected chi connectivity index (χ3v) is 2.83. The molecule has 0 aliphatic carbocycles. The fourth-order valence-corrected chi connectivity index (χ4v) is 1.44. The molecular formula is C12H17F2NO2. The van der Waals surface area contributed by atoms with Crippen molar-refractivity contribution in [2.24, 2.45) is 11.1 Å². The Morgan fingerprint density at radius 3 is 2.41 bits per heavy atom. The molecule has 0 fully saturated rings. The zero-order valence-electron chi connectivity index (χ0n) is 10.1. The van der Waals surface area contributed by atoms with Crippen molar-refractivity contribution in [2.45, 2.75) is 20.0 Å². The standard InChI is InChI=1S/C12H17F2NO2/c1-12(2,6-15)11(16)7-4-9(14)10(17-3)5-8(7)13/h4-5,11,16H,6,15H2,1-3H3. The van der Waals surface area contributed by atoms with E-state index < -0.39 is 23.2 Å². The van der Waals surface area contributed by atoms with Gasteiger partial charge in [-0.15, -0.1) is 0 Å². The van der Waals surface area contributed by atoms with E-state index in [1.807, 2.05) is 0 Å². The van der Waals surface area contributed by atoms with Gasteiger partial charge in [0.2, 0.25) is 0 Å². The molecule has 3 nitrogen and oxygen atoms in total. The molecule has 0 saturated carbocycles. The Kier molecular flexibility index (Phi) is 4.06. The van der Waals surface area contributed by atoms with Gasteiger partial charge in [-0.3, -0.25) is 0 Å². The first-order valence-corrected chi connectivity index (χ1v) is 5.24. The molecule has 96 valence electrons. The molecule has 0 spiro atoms. The van der Waals surface area contributed by atoms with Crippen LogP contribution in [0.3, 0.4) is 0 Å². The molecule has 5 heteroatoms. The fraction of sp³-hybridized carbons (Fsp3) is 0.500. The van der Waals surface area contributed by atoms with Gasteiger partial charge in [0.05, 0.1) is 13.2 Å². The predicted molar refractivity (Wildman–Crippen MR) is 60.7 cm³/mol. The van der Waals surface area contributed by atoms with Gasteiger partial charge in [0.15, 0.2) is 11.6 Å². The highest BCUT2D eigenvalue weighted by Crippen LogP contribution is 2.35. The van der Waals surface area contributed by atoms with Crippen molar-refractivity contribution < 1.29 is 18.6 Å². The van der Waals surface area contributed by atoms with Crippen LogP contribution in [0.2, 0.25) is 0 Å². The van der Waals surface area contributed by atoms with Crippen LogP contribution in [-0.4, -0.2) is 18.8 Å². The predicted octanol–water partition coefficient (Wildman–Crippen LogP) is 1.99. The highest BCUT2D eigenvalue weighted by molar-refractivity contribution is 5.32. The van der Waals surface area contributed by atoms with Crippen molar-refractivity contribution in [1.82, 2.24) is 0 Å². The molecule has 0 aliphatic heterocycles. The number of rotatable bonds is 4. The van der Waals surface area contributed by atoms with E-state index in [9.17, 15) is 13.9 Å². The minimum atomic E-state index is -1.17. The largest absolute Gasteiger partial charge is 0.494 e. The zero-order chi connectivity index (χ0) is 13.2. The van der Waals surface area contributed by atoms with E-state index in [0.717, 1.165) is 12.1 Å². The Balaban J connectivity index is 3.19. The molecule has 17 heavy (non-hydrogen) atoms. The number of ether oxygens (including phenoxy) is 1. The molecule has 1 atom stereocenters. The zero-order valence-corrected chi connectivity index (χ0v) is 10.1. The lowest BCUT2D eigenvalue weighted by atomic mass is 9.82. The van der Waals surface area contributed by atoms with Crippen molar-refractivity contribution in [1.29, 1.82) is 0 Å². The maximum absolute atomic E-state index is 13.7. The van der Waals surface area contributed by atoms with E-state index >= 15 is 0 Å². The third-order valence-electron chi connectivity index (χ3n) is 2.83. The van der Waals surface area contributed by atoms with Gasteiger partial charge in [0, 0.05) is 23.6 Å². The highest BCUT2D eigenvalue weighted by Gasteiger charge is 2.30. The summed E-state index contributed by atoms with van der Waals surface area (Å²) >= 11 is 0. The Morgan fingerprint density at radius 2 is 1.94 bits per heavy atom. The van der Waals surface area contributed by atoms with E-state index in [4.69, 9.17) is 5.73 Å². The monoisotopic (exact) mass is 245 g/mol. The first kappa shape index (κ1) is 13.9. The first-order chi connectivity index (χ1) is 7.83. The summed E-state index contributed by atoms with van der Waals surface area (Å²) in [5, 5.41) is 9.99. The summed E-state index contributed by atoms with van der Waals surface area (Å²) in [5.74, 6) is -1.61. The average molecular weight is 245 g/mol. The van der Waals surface area contributed by atoms with Gasteiger partial charge >= 0.3 is 0 Å². The van der Waals surface area contributed by atoms with Crippen molar-refractivity contribution in [3.63, 3.8) is 0 Å². The fourth-order valence-electron chi connectivity index (χ4n) is 1.44. The molecule has 1 unspecified atom stereocenters. The molecular weight excluding hydrogens is 228 g/mol. The molecule has 3 N–H and O–H groups in total. The lowest BCUT2D eigenvalue weighted by molar-refractivity contribution is 0.0520. The Labute approximate surface area is 99.2 Å². The first-order valence-electron chi connectivity index (χ1n) is 5.24. The van der Waals surface area contributed by atoms with Crippen molar-refractivity contribution in [3.05, 3.63) is 29.3 Å². The topological polar surface area (TPSA) is 55.5 Å². The Hall–Kier alpha value is -1.20. The van der Waals surface area contributed by atoms with Gasteiger partial charge in [-0.25, -0.2) is 8.78 Å². The molecule has 0 bridgehead atoms. The second-order valence-corrected chi connectivity index (χ2v) is 4.60. The molecule has 1 aromatic carbocycles. The van der Waals surface area contributed by atoms with Crippen LogP contribution in [0.15, 0.2) is 12.1 Å². The molecule has 1 aromatic rings. The summed E-state index contributed by atoms with van der Waals surface area (Å²) in [5.41, 5.74) is 4.64. The molecule has 0 amide bonds. The minimum absolute atomic E-state index is 0.112. The van der Waals surface area contributed by atoms with Crippen LogP contribution in [0.4, 0.5) is 8.78 Å². The number of aliphatic hydroxyl groups excluding tert-OH is 1. The van der Waals surface area contributed by atoms with E-state index in [-0.39, 0.29) is 17.9 Å². The number of hydrogen-bond donors (Lipinski definition) is 2. The summed E-state index contributed by atoms with van der Waals surface area (Å²) in [6.07, 6.45) is -1.17. The van der Waals surface area contributed by atoms with Crippen LogP contribution in [0.5, 0.6) is 5.75 Å². The number of aliphatic hydroxyl groups is 1. The summed E-state index contributed by atoms with van der Waals surface area (Å²) in [6.45, 7) is 3.51. The Morgan fingerprint density at radius 1 is 1.35 bits per heavy atom. The van der Waals surface area contributed by atoms with Crippen LogP contribution in [-0.2, 0) is 0 Å². The van der Waals surface area contributed by atoms with Crippen LogP contribution in [0, 0.1) is 17.0 Å². The lowest BCUT2D eigenvalue weighted by Crippen LogP contribution is -2.31. The van der Waals surface area contributed by atoms with Gasteiger partial charge in [0.1, 0.15) is 5.82 Å². The normalized spacial score (nSPS) is 13.6. The van der Waals surface area contributed by atoms with Gasteiger partial charge in [-0.2, -0.15) is 0 Å². The molecule has 0 aromatic heterocycles. The maximum Gasteiger partial charge on any atom is 0.165 e. The van der Waals surface area contributed by atoms with E-state index in [0.29, 0.717) is 0 Å². The van der Waals surface area contributed by atoms with Crippen LogP contribution < -0.4 is 10.5 Å². The third kappa shape index (κ3) is 2.73. The van der Waals surface area contributed by atoms with Gasteiger partial charge in [-0.05, 0) is 6.07 Å². The van der Waals surface area contributed by atoms with Crippen molar-refractivity contribution in [3.8, 4) is 5.75 Å². The van der Waals surface area contributed by atoms with E-state index in [2.05, 4.69) is 4.74 Å². The lowest BCUT2D eigenvalue weighted by Gasteiger charge is -2.29. The van der Waals surface area contributed by atoms with Crippen molar-refractivity contribution in [2.75, 3.05) is 13.7 Å². The van der Waals surface area contributed by atoms with E-state index in [1.165, 1.54) is 7.11 Å². The SMILES string of the molecule is COc1cc(F)c(C(O)C(C)(C)CN)cc1F. The van der Waals surface area contributed by atoms with Gasteiger partial charge in [0.25, 0.3) is 0 Å². The number of methoxy groups -OCH3 is 1. The molecule has 1 rings (SSSR count). The number of benzene rings is 1. The van der Waals surface area contributed by atoms with Gasteiger partial charge < -0.3 is 15.6 Å². The summed E-state index contributed by atoms with van der Waals surface area (Å²) < 4.78 is 31.8. The highest BCUT2D eigenvalue weighted by atomic mass is 19.1. The second-order valence-electron chi connectivity index (χ2n) is 4.60. The Bertz CT molecular complexity index is 408. The molecule has 0 radical (unpaired) electrons. The smallest absolute Gasteiger partial charge is 0.165 e. The summed E-state index contributed by atoms with van der Waals surface area (Å²) in [6, 6.07) is 1.86. The van der Waals surface area contributed by atoms with Crippen molar-refractivity contribution >= 4 is 0 Å². The number of halogens is 2.